The standard InChI is InChI=1S/C24H24FNO4S/c25-21-11-5-13-23(16-21)30-17-20-9-4-12-22(15-20)26-24(27)18-31(28,29)14-6-10-19-7-2-1-3-8-19/h1-5,7-9,11-13,15-16H,6,10,14,17-18H2,(H,26,27). The Kier molecular flexibility index (Phi) is 7.78. The molecule has 0 spiro atoms. The lowest BCUT2D eigenvalue weighted by Gasteiger charge is -2.10. The van der Waals surface area contributed by atoms with Crippen LogP contribution in [-0.2, 0) is 27.7 Å². The van der Waals surface area contributed by atoms with Crippen molar-refractivity contribution in [2.75, 3.05) is 16.8 Å². The van der Waals surface area contributed by atoms with Crippen LogP contribution >= 0.6 is 0 Å². The quantitative estimate of drug-likeness (QED) is 0.506. The summed E-state index contributed by atoms with van der Waals surface area (Å²) in [6, 6.07) is 22.4. The van der Waals surface area contributed by atoms with E-state index in [-0.39, 0.29) is 18.2 Å². The lowest BCUT2D eigenvalue weighted by Crippen LogP contribution is -2.25. The number of halogens is 1. The third kappa shape index (κ3) is 7.86. The zero-order valence-electron chi connectivity index (χ0n) is 17.0. The Morgan fingerprint density at radius 1 is 0.903 bits per heavy atom. The van der Waals surface area contributed by atoms with Crippen molar-refractivity contribution >= 4 is 21.4 Å². The summed E-state index contributed by atoms with van der Waals surface area (Å²) in [5.41, 5.74) is 2.30. The Hall–Kier alpha value is -3.19. The SMILES string of the molecule is O=C(CS(=O)(=O)CCCc1ccccc1)Nc1cccc(COc2cccc(F)c2)c1. The molecule has 3 aromatic carbocycles. The van der Waals surface area contributed by atoms with Gasteiger partial charge in [-0.2, -0.15) is 0 Å². The number of amides is 1. The van der Waals surface area contributed by atoms with Crippen LogP contribution in [0.3, 0.4) is 0 Å². The monoisotopic (exact) mass is 441 g/mol. The minimum Gasteiger partial charge on any atom is -0.489 e. The Balaban J connectivity index is 1.48. The second-order valence-electron chi connectivity index (χ2n) is 7.18. The topological polar surface area (TPSA) is 72.5 Å². The fraction of sp³-hybridized carbons (Fsp3) is 0.208. The van der Waals surface area contributed by atoms with Crippen LogP contribution < -0.4 is 10.1 Å². The molecule has 0 aromatic heterocycles. The number of ether oxygens (including phenoxy) is 1. The zero-order chi connectivity index (χ0) is 22.1. The molecule has 0 atom stereocenters. The van der Waals surface area contributed by atoms with Gasteiger partial charge in [0.15, 0.2) is 9.84 Å². The minimum atomic E-state index is -3.50. The predicted octanol–water partition coefficient (Wildman–Crippen LogP) is 4.39. The first-order valence-corrected chi connectivity index (χ1v) is 11.7. The molecule has 0 heterocycles. The molecule has 0 aliphatic carbocycles. The summed E-state index contributed by atoms with van der Waals surface area (Å²) >= 11 is 0. The van der Waals surface area contributed by atoms with E-state index in [1.54, 1.807) is 36.4 Å². The highest BCUT2D eigenvalue weighted by Gasteiger charge is 2.16. The number of hydrogen-bond acceptors (Lipinski definition) is 4. The maximum absolute atomic E-state index is 13.2. The van der Waals surface area contributed by atoms with Crippen LogP contribution in [0.4, 0.5) is 10.1 Å². The van der Waals surface area contributed by atoms with E-state index in [0.29, 0.717) is 24.3 Å². The van der Waals surface area contributed by atoms with Gasteiger partial charge in [0.25, 0.3) is 0 Å². The van der Waals surface area contributed by atoms with Crippen molar-refractivity contribution in [3.8, 4) is 5.75 Å². The van der Waals surface area contributed by atoms with Gasteiger partial charge in [-0.3, -0.25) is 4.79 Å². The highest BCUT2D eigenvalue weighted by atomic mass is 32.2. The van der Waals surface area contributed by atoms with Crippen LogP contribution in [-0.4, -0.2) is 25.8 Å². The van der Waals surface area contributed by atoms with Gasteiger partial charge in [0, 0.05) is 11.8 Å². The van der Waals surface area contributed by atoms with Crippen molar-refractivity contribution in [3.05, 3.63) is 95.8 Å². The van der Waals surface area contributed by atoms with E-state index in [9.17, 15) is 17.6 Å². The molecule has 5 nitrogen and oxygen atoms in total. The van der Waals surface area contributed by atoms with Crippen molar-refractivity contribution in [2.24, 2.45) is 0 Å². The molecule has 31 heavy (non-hydrogen) atoms. The second-order valence-corrected chi connectivity index (χ2v) is 9.36. The molecule has 3 rings (SSSR count). The van der Waals surface area contributed by atoms with Crippen LogP contribution in [0, 0.1) is 5.82 Å². The molecule has 7 heteroatoms. The average molecular weight is 442 g/mol. The highest BCUT2D eigenvalue weighted by Crippen LogP contribution is 2.16. The molecule has 3 aromatic rings. The van der Waals surface area contributed by atoms with Gasteiger partial charge in [-0.05, 0) is 48.2 Å². The molecule has 1 N–H and O–H groups in total. The molecule has 0 aliphatic heterocycles. The number of nitrogens with one attached hydrogen (secondary N) is 1. The molecule has 0 unspecified atom stereocenters. The van der Waals surface area contributed by atoms with Gasteiger partial charge < -0.3 is 10.1 Å². The minimum absolute atomic E-state index is 0.0448. The summed E-state index contributed by atoms with van der Waals surface area (Å²) in [6.45, 7) is 0.185. The maximum Gasteiger partial charge on any atom is 0.239 e. The van der Waals surface area contributed by atoms with E-state index in [1.165, 1.54) is 12.1 Å². The lowest BCUT2D eigenvalue weighted by atomic mass is 10.1. The first-order valence-electron chi connectivity index (χ1n) is 9.91. The number of rotatable bonds is 10. The first kappa shape index (κ1) is 22.5. The second kappa shape index (κ2) is 10.7. The molecule has 0 saturated carbocycles. The molecular formula is C24H24FNO4S. The van der Waals surface area contributed by atoms with Gasteiger partial charge in [-0.1, -0.05) is 48.5 Å². The van der Waals surface area contributed by atoms with Crippen LogP contribution in [0.25, 0.3) is 0 Å². The fourth-order valence-corrected chi connectivity index (χ4v) is 4.27. The van der Waals surface area contributed by atoms with Crippen LogP contribution in [0.2, 0.25) is 0 Å². The third-order valence-corrected chi connectivity index (χ3v) is 6.14. The van der Waals surface area contributed by atoms with E-state index in [1.807, 2.05) is 30.3 Å². The van der Waals surface area contributed by atoms with E-state index in [0.717, 1.165) is 11.1 Å². The van der Waals surface area contributed by atoms with E-state index in [4.69, 9.17) is 4.74 Å². The molecule has 0 radical (unpaired) electrons. The van der Waals surface area contributed by atoms with Crippen molar-refractivity contribution < 1.29 is 22.3 Å². The summed E-state index contributed by atoms with van der Waals surface area (Å²) in [7, 11) is -3.50. The van der Waals surface area contributed by atoms with Gasteiger partial charge in [-0.15, -0.1) is 0 Å². The molecule has 1 amide bonds. The van der Waals surface area contributed by atoms with Crippen molar-refractivity contribution in [1.82, 2.24) is 0 Å². The first-order chi connectivity index (χ1) is 14.9. The normalized spacial score (nSPS) is 11.1. The summed E-state index contributed by atoms with van der Waals surface area (Å²) in [6.07, 6.45) is 1.11. The average Bonchev–Trinajstić information content (AvgIpc) is 2.73. The summed E-state index contributed by atoms with van der Waals surface area (Å²) in [4.78, 5) is 12.2. The maximum atomic E-state index is 13.2. The number of sulfone groups is 1. The molecular weight excluding hydrogens is 417 g/mol. The predicted molar refractivity (Wildman–Crippen MR) is 119 cm³/mol. The largest absolute Gasteiger partial charge is 0.489 e. The van der Waals surface area contributed by atoms with Crippen molar-refractivity contribution in [1.29, 1.82) is 0 Å². The number of carbonyl (C=O) groups is 1. The van der Waals surface area contributed by atoms with E-state index >= 15 is 0 Å². The Bertz CT molecular complexity index is 1120. The summed E-state index contributed by atoms with van der Waals surface area (Å²) in [5, 5.41) is 2.62. The number of anilines is 1. The number of aryl methyl sites for hydroxylation is 1. The van der Waals surface area contributed by atoms with Crippen LogP contribution in [0.1, 0.15) is 17.5 Å². The van der Waals surface area contributed by atoms with Crippen LogP contribution in [0.15, 0.2) is 78.9 Å². The smallest absolute Gasteiger partial charge is 0.239 e. The Morgan fingerprint density at radius 3 is 2.42 bits per heavy atom. The Labute approximate surface area is 181 Å². The molecule has 0 saturated heterocycles. The van der Waals surface area contributed by atoms with Gasteiger partial charge in [0.1, 0.15) is 23.9 Å². The van der Waals surface area contributed by atoms with E-state index < -0.39 is 21.5 Å². The lowest BCUT2D eigenvalue weighted by molar-refractivity contribution is -0.113. The Morgan fingerprint density at radius 2 is 1.65 bits per heavy atom. The molecule has 162 valence electrons. The summed E-state index contributed by atoms with van der Waals surface area (Å²) < 4.78 is 43.3. The van der Waals surface area contributed by atoms with Gasteiger partial charge in [0.05, 0.1) is 5.75 Å². The van der Waals surface area contributed by atoms with Crippen molar-refractivity contribution in [2.45, 2.75) is 19.4 Å². The fourth-order valence-electron chi connectivity index (χ4n) is 3.07. The van der Waals surface area contributed by atoms with E-state index in [2.05, 4.69) is 5.32 Å². The third-order valence-electron chi connectivity index (χ3n) is 4.53. The summed E-state index contributed by atoms with van der Waals surface area (Å²) in [5.74, 6) is -1.18. The number of benzene rings is 3. The van der Waals surface area contributed by atoms with Crippen molar-refractivity contribution in [3.63, 3.8) is 0 Å². The van der Waals surface area contributed by atoms with Gasteiger partial charge in [0.2, 0.25) is 5.91 Å². The highest BCUT2D eigenvalue weighted by molar-refractivity contribution is 7.92. The van der Waals surface area contributed by atoms with Crippen LogP contribution in [0.5, 0.6) is 5.75 Å². The zero-order valence-corrected chi connectivity index (χ0v) is 17.8. The number of carbonyl (C=O) groups excluding carboxylic acids is 1. The molecule has 0 fully saturated rings. The van der Waals surface area contributed by atoms with Gasteiger partial charge >= 0.3 is 0 Å². The number of hydrogen-bond donors (Lipinski definition) is 1. The van der Waals surface area contributed by atoms with Gasteiger partial charge in [-0.25, -0.2) is 12.8 Å². The molecule has 0 bridgehead atoms. The molecule has 0 aliphatic rings.